The highest BCUT2D eigenvalue weighted by Gasteiger charge is 2.41. The van der Waals surface area contributed by atoms with Crippen molar-refractivity contribution < 1.29 is 4.79 Å². The molecule has 2 amide bonds. The molecule has 1 aliphatic rings. The summed E-state index contributed by atoms with van der Waals surface area (Å²) in [7, 11) is 0. The average Bonchev–Trinajstić information content (AvgIpc) is 3.17. The number of carbonyl (C=O) groups is 1. The lowest BCUT2D eigenvalue weighted by atomic mass is 10.0. The lowest BCUT2D eigenvalue weighted by Gasteiger charge is -2.15. The van der Waals surface area contributed by atoms with Crippen molar-refractivity contribution in [1.82, 2.24) is 5.32 Å². The zero-order valence-corrected chi connectivity index (χ0v) is 12.4. The van der Waals surface area contributed by atoms with Crippen LogP contribution in [0.3, 0.4) is 0 Å². The fourth-order valence-electron chi connectivity index (χ4n) is 2.56. The van der Waals surface area contributed by atoms with Crippen LogP contribution in [0.2, 0.25) is 0 Å². The Bertz CT molecular complexity index is 467. The van der Waals surface area contributed by atoms with Crippen LogP contribution in [0.25, 0.3) is 0 Å². The third-order valence-corrected chi connectivity index (χ3v) is 4.03. The Balaban J connectivity index is 1.84. The maximum Gasteiger partial charge on any atom is 0.319 e. The number of benzene rings is 1. The molecule has 0 saturated heterocycles. The second-order valence-electron chi connectivity index (χ2n) is 5.97. The molecule has 110 valence electrons. The minimum Gasteiger partial charge on any atom is -0.337 e. The first kappa shape index (κ1) is 14.9. The molecule has 0 radical (unpaired) electrons. The van der Waals surface area contributed by atoms with E-state index in [0.29, 0.717) is 5.41 Å². The van der Waals surface area contributed by atoms with E-state index < -0.39 is 0 Å². The average molecular weight is 275 g/mol. The van der Waals surface area contributed by atoms with Gasteiger partial charge in [-0.3, -0.25) is 0 Å². The third kappa shape index (κ3) is 3.97. The largest absolute Gasteiger partial charge is 0.337 e. The standard InChI is InChI=1S/C16H25N3O/c1-3-7-16(8-9-16)11-18-15(20)19-14-6-4-5-13(10-14)12(2)17/h4-6,10,12H,3,7-9,11,17H2,1-2H3,(H2,18,19,20). The highest BCUT2D eigenvalue weighted by atomic mass is 16.2. The lowest BCUT2D eigenvalue weighted by molar-refractivity contribution is 0.249. The van der Waals surface area contributed by atoms with Crippen LogP contribution >= 0.6 is 0 Å². The zero-order valence-electron chi connectivity index (χ0n) is 12.4. The Morgan fingerprint density at radius 2 is 2.20 bits per heavy atom. The van der Waals surface area contributed by atoms with E-state index in [2.05, 4.69) is 17.6 Å². The van der Waals surface area contributed by atoms with E-state index in [1.807, 2.05) is 31.2 Å². The van der Waals surface area contributed by atoms with Crippen molar-refractivity contribution in [3.05, 3.63) is 29.8 Å². The summed E-state index contributed by atoms with van der Waals surface area (Å²) in [6.07, 6.45) is 4.86. The van der Waals surface area contributed by atoms with E-state index in [1.54, 1.807) is 0 Å². The number of carbonyl (C=O) groups excluding carboxylic acids is 1. The highest BCUT2D eigenvalue weighted by Crippen LogP contribution is 2.48. The van der Waals surface area contributed by atoms with Gasteiger partial charge in [0, 0.05) is 18.3 Å². The van der Waals surface area contributed by atoms with E-state index >= 15 is 0 Å². The van der Waals surface area contributed by atoms with E-state index in [4.69, 9.17) is 5.73 Å². The molecule has 1 aromatic rings. The molecule has 0 aromatic heterocycles. The second kappa shape index (κ2) is 6.27. The molecule has 4 N–H and O–H groups in total. The summed E-state index contributed by atoms with van der Waals surface area (Å²) >= 11 is 0. The molecule has 1 saturated carbocycles. The number of nitrogens with two attached hydrogens (primary N) is 1. The van der Waals surface area contributed by atoms with E-state index in [0.717, 1.165) is 17.8 Å². The number of hydrogen-bond donors (Lipinski definition) is 3. The van der Waals surface area contributed by atoms with Gasteiger partial charge in [-0.1, -0.05) is 25.5 Å². The van der Waals surface area contributed by atoms with Gasteiger partial charge in [0.15, 0.2) is 0 Å². The first-order chi connectivity index (χ1) is 9.54. The van der Waals surface area contributed by atoms with Crippen LogP contribution in [0.4, 0.5) is 10.5 Å². The topological polar surface area (TPSA) is 67.2 Å². The quantitative estimate of drug-likeness (QED) is 0.744. The second-order valence-corrected chi connectivity index (χ2v) is 5.97. The van der Waals surface area contributed by atoms with Gasteiger partial charge >= 0.3 is 6.03 Å². The molecule has 2 rings (SSSR count). The summed E-state index contributed by atoms with van der Waals surface area (Å²) in [5.74, 6) is 0. The zero-order chi connectivity index (χ0) is 14.6. The maximum absolute atomic E-state index is 11.9. The van der Waals surface area contributed by atoms with Crippen molar-refractivity contribution in [2.75, 3.05) is 11.9 Å². The number of hydrogen-bond acceptors (Lipinski definition) is 2. The normalized spacial score (nSPS) is 17.4. The van der Waals surface area contributed by atoms with Crippen molar-refractivity contribution in [3.63, 3.8) is 0 Å². The summed E-state index contributed by atoms with van der Waals surface area (Å²) in [6, 6.07) is 7.52. The Kier molecular flexibility index (Phi) is 4.65. The molecule has 1 aliphatic carbocycles. The number of amides is 2. The fraction of sp³-hybridized carbons (Fsp3) is 0.562. The minimum absolute atomic E-state index is 0.0286. The molecule has 1 atom stereocenters. The SMILES string of the molecule is CCCC1(CNC(=O)Nc2cccc(C(C)N)c2)CC1. The predicted octanol–water partition coefficient (Wildman–Crippen LogP) is 3.41. The van der Waals surface area contributed by atoms with Gasteiger partial charge < -0.3 is 16.4 Å². The van der Waals surface area contributed by atoms with Crippen LogP contribution in [0.1, 0.15) is 51.1 Å². The summed E-state index contributed by atoms with van der Waals surface area (Å²) in [5.41, 5.74) is 8.03. The van der Waals surface area contributed by atoms with Gasteiger partial charge in [0.05, 0.1) is 0 Å². The number of nitrogens with one attached hydrogen (secondary N) is 2. The molecule has 4 heteroatoms. The van der Waals surface area contributed by atoms with Crippen LogP contribution in [0.5, 0.6) is 0 Å². The summed E-state index contributed by atoms with van der Waals surface area (Å²) in [5, 5.41) is 5.86. The Hall–Kier alpha value is -1.55. The fourth-order valence-corrected chi connectivity index (χ4v) is 2.56. The molecule has 1 aromatic carbocycles. The molecule has 20 heavy (non-hydrogen) atoms. The summed E-state index contributed by atoms with van der Waals surface area (Å²) in [4.78, 5) is 11.9. The van der Waals surface area contributed by atoms with Gasteiger partial charge in [0.1, 0.15) is 0 Å². The van der Waals surface area contributed by atoms with Crippen LogP contribution in [-0.4, -0.2) is 12.6 Å². The van der Waals surface area contributed by atoms with Crippen molar-refractivity contribution in [2.45, 2.75) is 45.6 Å². The number of urea groups is 1. The lowest BCUT2D eigenvalue weighted by Crippen LogP contribution is -2.33. The van der Waals surface area contributed by atoms with Crippen LogP contribution in [0.15, 0.2) is 24.3 Å². The van der Waals surface area contributed by atoms with E-state index in [1.165, 1.54) is 25.7 Å². The molecule has 1 fully saturated rings. The Labute approximate surface area is 121 Å². The van der Waals surface area contributed by atoms with Gasteiger partial charge in [-0.2, -0.15) is 0 Å². The van der Waals surface area contributed by atoms with Crippen molar-refractivity contribution in [1.29, 1.82) is 0 Å². The Morgan fingerprint density at radius 1 is 1.45 bits per heavy atom. The van der Waals surface area contributed by atoms with Crippen molar-refractivity contribution in [2.24, 2.45) is 11.1 Å². The summed E-state index contributed by atoms with van der Waals surface area (Å²) < 4.78 is 0. The smallest absolute Gasteiger partial charge is 0.319 e. The minimum atomic E-state index is -0.130. The van der Waals surface area contributed by atoms with E-state index in [9.17, 15) is 4.79 Å². The first-order valence-corrected chi connectivity index (χ1v) is 7.45. The van der Waals surface area contributed by atoms with Gasteiger partial charge in [-0.15, -0.1) is 0 Å². The van der Waals surface area contributed by atoms with Gasteiger partial charge in [0.2, 0.25) is 0 Å². The molecule has 0 aliphatic heterocycles. The number of anilines is 1. The molecule has 0 bridgehead atoms. The van der Waals surface area contributed by atoms with Crippen molar-refractivity contribution in [3.8, 4) is 0 Å². The number of rotatable bonds is 6. The van der Waals surface area contributed by atoms with Crippen LogP contribution in [-0.2, 0) is 0 Å². The van der Waals surface area contributed by atoms with E-state index in [-0.39, 0.29) is 12.1 Å². The van der Waals surface area contributed by atoms with Gasteiger partial charge in [-0.25, -0.2) is 4.79 Å². The van der Waals surface area contributed by atoms with Crippen LogP contribution < -0.4 is 16.4 Å². The summed E-state index contributed by atoms with van der Waals surface area (Å²) in [6.45, 7) is 4.90. The third-order valence-electron chi connectivity index (χ3n) is 4.03. The molecule has 4 nitrogen and oxygen atoms in total. The molecule has 0 heterocycles. The van der Waals surface area contributed by atoms with Gasteiger partial charge in [-0.05, 0) is 49.3 Å². The van der Waals surface area contributed by atoms with Gasteiger partial charge in [0.25, 0.3) is 0 Å². The molecule has 1 unspecified atom stereocenters. The first-order valence-electron chi connectivity index (χ1n) is 7.45. The molecule has 0 spiro atoms. The van der Waals surface area contributed by atoms with Crippen LogP contribution in [0, 0.1) is 5.41 Å². The van der Waals surface area contributed by atoms with Crippen molar-refractivity contribution >= 4 is 11.7 Å². The maximum atomic E-state index is 11.9. The molecular weight excluding hydrogens is 250 g/mol. The monoisotopic (exact) mass is 275 g/mol. The Morgan fingerprint density at radius 3 is 2.80 bits per heavy atom. The highest BCUT2D eigenvalue weighted by molar-refractivity contribution is 5.89. The molecular formula is C16H25N3O. The predicted molar refractivity (Wildman–Crippen MR) is 82.6 cm³/mol.